The lowest BCUT2D eigenvalue weighted by Gasteiger charge is -1.92. The molecule has 0 amide bonds. The second-order valence-electron chi connectivity index (χ2n) is 3.33. The molecule has 0 radical (unpaired) electrons. The summed E-state index contributed by atoms with van der Waals surface area (Å²) in [6, 6.07) is 14.6. The zero-order valence-electron chi connectivity index (χ0n) is 7.42. The Morgan fingerprint density at radius 2 is 1.60 bits per heavy atom. The Labute approximate surface area is 112 Å². The van der Waals surface area contributed by atoms with Crippen molar-refractivity contribution < 1.29 is 0 Å². The number of benzene rings is 2. The molecule has 0 bridgehead atoms. The molecule has 1 heterocycles. The number of hydrogen-bond acceptors (Lipinski definition) is 0. The van der Waals surface area contributed by atoms with Crippen molar-refractivity contribution in [3.8, 4) is 0 Å². The minimum atomic E-state index is 0. The van der Waals surface area contributed by atoms with Gasteiger partial charge in [0, 0.05) is 20.8 Å². The smallest absolute Gasteiger partial charge is 0.316 e. The number of aromatic nitrogens is 1. The normalized spacial score (nSPS) is 10.5. The molecule has 0 aliphatic carbocycles. The van der Waals surface area contributed by atoms with Gasteiger partial charge in [0.05, 0.1) is 5.52 Å². The van der Waals surface area contributed by atoms with E-state index < -0.39 is 0 Å². The third kappa shape index (κ3) is 1.69. The molecule has 1 N–H and O–H groups in total. The summed E-state index contributed by atoms with van der Waals surface area (Å²) in [6.07, 6.45) is 0. The first-order valence-electron chi connectivity index (χ1n) is 4.51. The largest absolute Gasteiger partial charge is 0.354 e. The Balaban J connectivity index is 0.000000853. The average molecular weight is 272 g/mol. The first kappa shape index (κ1) is 11.0. The van der Waals surface area contributed by atoms with E-state index in [1.54, 1.807) is 0 Å². The van der Waals surface area contributed by atoms with Crippen LogP contribution in [0.25, 0.3) is 21.8 Å². The molecular weight excluding hydrogens is 262 g/mol. The second kappa shape index (κ2) is 4.16. The number of halogens is 1. The van der Waals surface area contributed by atoms with Crippen molar-refractivity contribution in [1.82, 2.24) is 4.98 Å². The maximum Gasteiger partial charge on any atom is 0.316 e. The van der Waals surface area contributed by atoms with Crippen LogP contribution >= 0.6 is 15.9 Å². The van der Waals surface area contributed by atoms with E-state index in [4.69, 9.17) is 0 Å². The second-order valence-corrected chi connectivity index (χ2v) is 4.19. The lowest BCUT2D eigenvalue weighted by Crippen LogP contribution is -1.68. The van der Waals surface area contributed by atoms with Crippen molar-refractivity contribution in [2.24, 2.45) is 0 Å². The van der Waals surface area contributed by atoms with Crippen LogP contribution in [0.3, 0.4) is 0 Å². The van der Waals surface area contributed by atoms with Gasteiger partial charge in [-0.05, 0) is 28.1 Å². The number of aromatic amines is 1. The third-order valence-corrected chi connectivity index (χ3v) is 3.15. The SMILES string of the molecule is Brc1cccc2c1[nH]c1ccccc12.[MgH2]. The van der Waals surface area contributed by atoms with Crippen LogP contribution in [-0.2, 0) is 0 Å². The van der Waals surface area contributed by atoms with Gasteiger partial charge in [-0.15, -0.1) is 0 Å². The fraction of sp³-hybridized carbons (Fsp3) is 0. The van der Waals surface area contributed by atoms with E-state index in [1.165, 1.54) is 21.8 Å². The van der Waals surface area contributed by atoms with E-state index in [0.717, 1.165) is 4.47 Å². The van der Waals surface area contributed by atoms with Gasteiger partial charge in [0.1, 0.15) is 0 Å². The van der Waals surface area contributed by atoms with Crippen LogP contribution in [0.2, 0.25) is 0 Å². The Morgan fingerprint density at radius 3 is 2.47 bits per heavy atom. The van der Waals surface area contributed by atoms with Crippen LogP contribution in [0.4, 0.5) is 0 Å². The van der Waals surface area contributed by atoms with Gasteiger partial charge in [-0.25, -0.2) is 0 Å². The van der Waals surface area contributed by atoms with Gasteiger partial charge in [-0.3, -0.25) is 0 Å². The van der Waals surface area contributed by atoms with Gasteiger partial charge in [0.15, 0.2) is 0 Å². The zero-order chi connectivity index (χ0) is 9.54. The van der Waals surface area contributed by atoms with Crippen LogP contribution in [0.15, 0.2) is 46.9 Å². The van der Waals surface area contributed by atoms with Gasteiger partial charge in [0.2, 0.25) is 0 Å². The summed E-state index contributed by atoms with van der Waals surface area (Å²) in [5, 5.41) is 2.55. The minimum absolute atomic E-state index is 0. The number of hydrogen-bond donors (Lipinski definition) is 1. The predicted molar refractivity (Wildman–Crippen MR) is 72.0 cm³/mol. The van der Waals surface area contributed by atoms with Crippen molar-refractivity contribution in [2.45, 2.75) is 0 Å². The molecule has 0 atom stereocenters. The summed E-state index contributed by atoms with van der Waals surface area (Å²) in [5.74, 6) is 0. The summed E-state index contributed by atoms with van der Waals surface area (Å²) >= 11 is 3.54. The highest BCUT2D eigenvalue weighted by Crippen LogP contribution is 2.29. The molecule has 15 heavy (non-hydrogen) atoms. The lowest BCUT2D eigenvalue weighted by molar-refractivity contribution is 1.53. The molecule has 2 aromatic carbocycles. The highest BCUT2D eigenvalue weighted by molar-refractivity contribution is 9.10. The van der Waals surface area contributed by atoms with Crippen molar-refractivity contribution in [3.05, 3.63) is 46.9 Å². The Kier molecular flexibility index (Phi) is 3.05. The molecule has 3 aromatic rings. The average Bonchev–Trinajstić information content (AvgIpc) is 2.59. The summed E-state index contributed by atoms with van der Waals surface area (Å²) in [5.41, 5.74) is 2.36. The summed E-state index contributed by atoms with van der Waals surface area (Å²) < 4.78 is 1.12. The molecule has 0 saturated heterocycles. The van der Waals surface area contributed by atoms with E-state index in [9.17, 15) is 0 Å². The molecule has 0 aliphatic rings. The van der Waals surface area contributed by atoms with Crippen LogP contribution in [0.5, 0.6) is 0 Å². The molecule has 72 valence electrons. The van der Waals surface area contributed by atoms with E-state index in [-0.39, 0.29) is 23.1 Å². The molecule has 1 nitrogen and oxygen atoms in total. The molecular formula is C12H10BrMgN. The van der Waals surface area contributed by atoms with Gasteiger partial charge in [-0.1, -0.05) is 30.3 Å². The maximum absolute atomic E-state index is 3.54. The van der Waals surface area contributed by atoms with Gasteiger partial charge < -0.3 is 4.98 Å². The van der Waals surface area contributed by atoms with E-state index in [2.05, 4.69) is 57.3 Å². The topological polar surface area (TPSA) is 15.8 Å². The maximum atomic E-state index is 3.54. The monoisotopic (exact) mass is 271 g/mol. The van der Waals surface area contributed by atoms with E-state index >= 15 is 0 Å². The summed E-state index contributed by atoms with van der Waals surface area (Å²) in [4.78, 5) is 3.40. The minimum Gasteiger partial charge on any atom is -0.354 e. The third-order valence-electron chi connectivity index (χ3n) is 2.49. The first-order valence-corrected chi connectivity index (χ1v) is 5.30. The molecule has 0 unspecified atom stereocenters. The molecule has 0 spiro atoms. The van der Waals surface area contributed by atoms with Crippen molar-refractivity contribution in [3.63, 3.8) is 0 Å². The van der Waals surface area contributed by atoms with Crippen molar-refractivity contribution in [2.75, 3.05) is 0 Å². The molecule has 0 fully saturated rings. The molecule has 0 saturated carbocycles. The van der Waals surface area contributed by atoms with Gasteiger partial charge in [0.25, 0.3) is 0 Å². The van der Waals surface area contributed by atoms with Crippen molar-refractivity contribution in [1.29, 1.82) is 0 Å². The zero-order valence-corrected chi connectivity index (χ0v) is 9.01. The Morgan fingerprint density at radius 1 is 0.867 bits per heavy atom. The number of nitrogens with one attached hydrogen (secondary N) is 1. The van der Waals surface area contributed by atoms with Crippen LogP contribution < -0.4 is 0 Å². The Hall–Kier alpha value is -0.514. The summed E-state index contributed by atoms with van der Waals surface area (Å²) in [7, 11) is 0. The van der Waals surface area contributed by atoms with E-state index in [0.29, 0.717) is 0 Å². The van der Waals surface area contributed by atoms with E-state index in [1.807, 2.05) is 6.07 Å². The van der Waals surface area contributed by atoms with Gasteiger partial charge >= 0.3 is 23.1 Å². The highest BCUT2D eigenvalue weighted by atomic mass is 79.9. The molecule has 3 rings (SSSR count). The number of rotatable bonds is 0. The Bertz CT molecular complexity index is 615. The van der Waals surface area contributed by atoms with Crippen LogP contribution in [0, 0.1) is 0 Å². The fourth-order valence-electron chi connectivity index (χ4n) is 1.84. The molecule has 3 heteroatoms. The fourth-order valence-corrected chi connectivity index (χ4v) is 2.30. The molecule has 0 aliphatic heterocycles. The standard InChI is InChI=1S/C12H8BrN.Mg.2H/c13-10-6-3-5-9-8-4-1-2-7-11(8)14-12(9)10;;;/h1-7,14H;;;. The highest BCUT2D eigenvalue weighted by Gasteiger charge is 2.04. The first-order chi connectivity index (χ1) is 6.86. The predicted octanol–water partition coefficient (Wildman–Crippen LogP) is 3.17. The van der Waals surface area contributed by atoms with Crippen LogP contribution in [0.1, 0.15) is 0 Å². The van der Waals surface area contributed by atoms with Crippen molar-refractivity contribution >= 4 is 60.8 Å². The quantitative estimate of drug-likeness (QED) is 0.605. The number of fused-ring (bicyclic) bond motifs is 3. The summed E-state index contributed by atoms with van der Waals surface area (Å²) in [6.45, 7) is 0. The van der Waals surface area contributed by atoms with Gasteiger partial charge in [-0.2, -0.15) is 0 Å². The lowest BCUT2D eigenvalue weighted by atomic mass is 10.2. The molecule has 1 aromatic heterocycles. The number of H-pyrrole nitrogens is 1. The number of para-hydroxylation sites is 2. The van der Waals surface area contributed by atoms with Crippen LogP contribution in [-0.4, -0.2) is 28.0 Å².